The fraction of sp³-hybridized carbons (Fsp3) is 0.385. The molecule has 1 aromatic rings. The highest BCUT2D eigenvalue weighted by Gasteiger charge is 2.20. The molecule has 0 heterocycles. The van der Waals surface area contributed by atoms with Crippen LogP contribution in [-0.4, -0.2) is 20.0 Å². The fourth-order valence-corrected chi connectivity index (χ4v) is 1.70. The summed E-state index contributed by atoms with van der Waals surface area (Å²) in [4.78, 5) is 11.1. The van der Waals surface area contributed by atoms with E-state index in [-0.39, 0.29) is 12.2 Å². The predicted octanol–water partition coefficient (Wildman–Crippen LogP) is 2.29. The lowest BCUT2D eigenvalue weighted by Crippen LogP contribution is -2.05. The first kappa shape index (κ1) is 13.0. The van der Waals surface area contributed by atoms with Crippen LogP contribution in [0.5, 0.6) is 11.5 Å². The maximum Gasteiger partial charge on any atom is 0.165 e. The molecule has 0 saturated heterocycles. The topological polar surface area (TPSA) is 59.3 Å². The average molecular weight is 233 g/mol. The standard InChI is InChI=1S/C13H15NO3/c1-9(15)7-10(8-14)11-5-4-6-12(16-2)13(11)17-3/h4-6,10H,7H2,1-3H3. The van der Waals surface area contributed by atoms with Crippen LogP contribution < -0.4 is 9.47 Å². The molecule has 4 nitrogen and oxygen atoms in total. The van der Waals surface area contributed by atoms with Gasteiger partial charge in [-0.05, 0) is 13.0 Å². The molecule has 0 bridgehead atoms. The number of nitriles is 1. The smallest absolute Gasteiger partial charge is 0.165 e. The first-order valence-corrected chi connectivity index (χ1v) is 5.24. The largest absolute Gasteiger partial charge is 0.493 e. The number of hydrogen-bond acceptors (Lipinski definition) is 4. The highest BCUT2D eigenvalue weighted by atomic mass is 16.5. The summed E-state index contributed by atoms with van der Waals surface area (Å²) in [6.45, 7) is 1.47. The van der Waals surface area contributed by atoms with Crippen LogP contribution in [0.3, 0.4) is 0 Å². The molecule has 1 aromatic carbocycles. The predicted molar refractivity (Wildman–Crippen MR) is 63.2 cm³/mol. The zero-order valence-corrected chi connectivity index (χ0v) is 10.2. The van der Waals surface area contributed by atoms with Gasteiger partial charge in [-0.2, -0.15) is 5.26 Å². The van der Waals surface area contributed by atoms with Crippen LogP contribution in [0.15, 0.2) is 18.2 Å². The summed E-state index contributed by atoms with van der Waals surface area (Å²) >= 11 is 0. The highest BCUT2D eigenvalue weighted by molar-refractivity contribution is 5.77. The molecule has 0 radical (unpaired) electrons. The molecule has 1 atom stereocenters. The molecular formula is C13H15NO3. The summed E-state index contributed by atoms with van der Waals surface area (Å²) in [6, 6.07) is 7.43. The number of ether oxygens (including phenoxy) is 2. The molecular weight excluding hydrogens is 218 g/mol. The maximum absolute atomic E-state index is 11.1. The van der Waals surface area contributed by atoms with Crippen molar-refractivity contribution in [3.8, 4) is 17.6 Å². The Bertz CT molecular complexity index is 448. The zero-order chi connectivity index (χ0) is 12.8. The van der Waals surface area contributed by atoms with Gasteiger partial charge >= 0.3 is 0 Å². The Morgan fingerprint density at radius 2 is 2.12 bits per heavy atom. The van der Waals surface area contributed by atoms with Crippen molar-refractivity contribution in [1.29, 1.82) is 5.26 Å². The van der Waals surface area contributed by atoms with Crippen molar-refractivity contribution in [2.24, 2.45) is 0 Å². The summed E-state index contributed by atoms with van der Waals surface area (Å²) in [6.07, 6.45) is 0.181. The molecule has 0 aliphatic rings. The summed E-state index contributed by atoms with van der Waals surface area (Å²) in [7, 11) is 3.05. The number of methoxy groups -OCH3 is 2. The molecule has 0 amide bonds. The van der Waals surface area contributed by atoms with E-state index in [1.54, 1.807) is 18.2 Å². The van der Waals surface area contributed by atoms with E-state index in [1.165, 1.54) is 21.1 Å². The Morgan fingerprint density at radius 1 is 1.41 bits per heavy atom. The van der Waals surface area contributed by atoms with Gasteiger partial charge < -0.3 is 9.47 Å². The Labute approximate surface area is 101 Å². The van der Waals surface area contributed by atoms with E-state index in [2.05, 4.69) is 6.07 Å². The van der Waals surface area contributed by atoms with Crippen LogP contribution in [0, 0.1) is 11.3 Å². The maximum atomic E-state index is 11.1. The van der Waals surface area contributed by atoms with Gasteiger partial charge in [0.1, 0.15) is 5.78 Å². The molecule has 0 aliphatic carbocycles. The third kappa shape index (κ3) is 2.97. The summed E-state index contributed by atoms with van der Waals surface area (Å²) < 4.78 is 10.4. The first-order valence-electron chi connectivity index (χ1n) is 5.24. The summed E-state index contributed by atoms with van der Waals surface area (Å²) in [5, 5.41) is 9.11. The van der Waals surface area contributed by atoms with E-state index in [9.17, 15) is 4.79 Å². The second-order valence-corrected chi connectivity index (χ2v) is 3.67. The minimum atomic E-state index is -0.502. The van der Waals surface area contributed by atoms with E-state index in [0.29, 0.717) is 17.1 Å². The van der Waals surface area contributed by atoms with Crippen LogP contribution >= 0.6 is 0 Å². The molecule has 1 unspecified atom stereocenters. The SMILES string of the molecule is COc1cccc(C(C#N)CC(C)=O)c1OC. The quantitative estimate of drug-likeness (QED) is 0.782. The van der Waals surface area contributed by atoms with Crippen molar-refractivity contribution < 1.29 is 14.3 Å². The van der Waals surface area contributed by atoms with Crippen molar-refractivity contribution in [2.45, 2.75) is 19.3 Å². The highest BCUT2D eigenvalue weighted by Crippen LogP contribution is 2.36. The number of nitrogens with zero attached hydrogens (tertiary/aromatic N) is 1. The van der Waals surface area contributed by atoms with E-state index < -0.39 is 5.92 Å². The van der Waals surface area contributed by atoms with Crippen LogP contribution in [0.2, 0.25) is 0 Å². The Balaban J connectivity index is 3.19. The summed E-state index contributed by atoms with van der Waals surface area (Å²) in [5.74, 6) is 0.551. The number of benzene rings is 1. The van der Waals surface area contributed by atoms with Crippen LogP contribution in [0.1, 0.15) is 24.8 Å². The van der Waals surface area contributed by atoms with Gasteiger partial charge in [0, 0.05) is 12.0 Å². The van der Waals surface area contributed by atoms with Crippen LogP contribution in [0.25, 0.3) is 0 Å². The molecule has 0 N–H and O–H groups in total. The number of carbonyl (C=O) groups is 1. The lowest BCUT2D eigenvalue weighted by Gasteiger charge is -2.15. The number of rotatable bonds is 5. The molecule has 4 heteroatoms. The number of para-hydroxylation sites is 1. The second kappa shape index (κ2) is 5.90. The number of hydrogen-bond donors (Lipinski definition) is 0. The van der Waals surface area contributed by atoms with Crippen molar-refractivity contribution in [3.05, 3.63) is 23.8 Å². The molecule has 0 aromatic heterocycles. The third-order valence-corrected chi connectivity index (χ3v) is 2.46. The van der Waals surface area contributed by atoms with E-state index in [1.807, 2.05) is 0 Å². The van der Waals surface area contributed by atoms with Gasteiger partial charge in [0.2, 0.25) is 0 Å². The van der Waals surface area contributed by atoms with Crippen molar-refractivity contribution >= 4 is 5.78 Å². The molecule has 17 heavy (non-hydrogen) atoms. The zero-order valence-electron chi connectivity index (χ0n) is 10.2. The molecule has 90 valence electrons. The molecule has 1 rings (SSSR count). The van der Waals surface area contributed by atoms with Gasteiger partial charge in [-0.3, -0.25) is 4.79 Å². The monoisotopic (exact) mass is 233 g/mol. The Kier molecular flexibility index (Phi) is 4.53. The van der Waals surface area contributed by atoms with E-state index in [4.69, 9.17) is 14.7 Å². The van der Waals surface area contributed by atoms with Gasteiger partial charge in [0.05, 0.1) is 26.2 Å². The Hall–Kier alpha value is -2.02. The van der Waals surface area contributed by atoms with Crippen LogP contribution in [-0.2, 0) is 4.79 Å². The Morgan fingerprint density at radius 3 is 2.59 bits per heavy atom. The van der Waals surface area contributed by atoms with Gasteiger partial charge in [0.15, 0.2) is 11.5 Å². The molecule has 0 spiro atoms. The molecule has 0 aliphatic heterocycles. The van der Waals surface area contributed by atoms with E-state index in [0.717, 1.165) is 0 Å². The second-order valence-electron chi connectivity index (χ2n) is 3.67. The first-order chi connectivity index (χ1) is 8.13. The van der Waals surface area contributed by atoms with Gasteiger partial charge in [-0.1, -0.05) is 12.1 Å². The fourth-order valence-electron chi connectivity index (χ4n) is 1.70. The van der Waals surface area contributed by atoms with Crippen molar-refractivity contribution in [3.63, 3.8) is 0 Å². The number of carbonyl (C=O) groups excluding carboxylic acids is 1. The number of Topliss-reactive ketones (excluding diaryl/α,β-unsaturated/α-hetero) is 1. The number of ketones is 1. The minimum absolute atomic E-state index is 0.0265. The lowest BCUT2D eigenvalue weighted by molar-refractivity contribution is -0.117. The average Bonchev–Trinajstić information content (AvgIpc) is 2.34. The lowest BCUT2D eigenvalue weighted by atomic mass is 9.94. The van der Waals surface area contributed by atoms with Gasteiger partial charge in [-0.15, -0.1) is 0 Å². The van der Waals surface area contributed by atoms with Crippen LogP contribution in [0.4, 0.5) is 0 Å². The third-order valence-electron chi connectivity index (χ3n) is 2.46. The normalized spacial score (nSPS) is 11.4. The van der Waals surface area contributed by atoms with E-state index >= 15 is 0 Å². The van der Waals surface area contributed by atoms with Crippen molar-refractivity contribution in [2.75, 3.05) is 14.2 Å². The summed E-state index contributed by atoms with van der Waals surface area (Å²) in [5.41, 5.74) is 0.685. The van der Waals surface area contributed by atoms with Gasteiger partial charge in [0.25, 0.3) is 0 Å². The molecule has 0 saturated carbocycles. The molecule has 0 fully saturated rings. The van der Waals surface area contributed by atoms with Crippen molar-refractivity contribution in [1.82, 2.24) is 0 Å². The minimum Gasteiger partial charge on any atom is -0.493 e. The van der Waals surface area contributed by atoms with Gasteiger partial charge in [-0.25, -0.2) is 0 Å².